The van der Waals surface area contributed by atoms with Crippen molar-refractivity contribution in [2.45, 2.75) is 45.3 Å². The highest BCUT2D eigenvalue weighted by atomic mass is 35.5. The number of ether oxygens (including phenoxy) is 3. The van der Waals surface area contributed by atoms with Gasteiger partial charge in [0.1, 0.15) is 15.6 Å². The van der Waals surface area contributed by atoms with Gasteiger partial charge in [0.2, 0.25) is 0 Å². The molecule has 0 aliphatic heterocycles. The van der Waals surface area contributed by atoms with Gasteiger partial charge in [0.15, 0.2) is 5.75 Å². The van der Waals surface area contributed by atoms with Crippen molar-refractivity contribution in [3.05, 3.63) is 25.1 Å². The molecule has 0 aliphatic carbocycles. The molecule has 1 atom stereocenters. The van der Waals surface area contributed by atoms with Crippen LogP contribution in [0.5, 0.6) is 5.75 Å². The minimum Gasteiger partial charge on any atom is -0.444 e. The van der Waals surface area contributed by atoms with Crippen LogP contribution in [-0.2, 0) is 14.3 Å². The minimum absolute atomic E-state index is 0.0363. The van der Waals surface area contributed by atoms with E-state index in [2.05, 4.69) is 5.32 Å². The van der Waals surface area contributed by atoms with Gasteiger partial charge in [-0.15, -0.1) is 0 Å². The Morgan fingerprint density at radius 1 is 0.964 bits per heavy atom. The van der Waals surface area contributed by atoms with Crippen LogP contribution in [0.2, 0.25) is 25.1 Å². The molecule has 0 unspecified atom stereocenters. The Morgan fingerprint density at radius 2 is 1.46 bits per heavy atom. The molecule has 1 aromatic rings. The fourth-order valence-corrected chi connectivity index (χ4v) is 3.13. The molecule has 11 heteroatoms. The highest BCUT2D eigenvalue weighted by Crippen LogP contribution is 2.48. The Balaban J connectivity index is 2.63. The number of nitrogens with one attached hydrogen (secondary N) is 1. The van der Waals surface area contributed by atoms with E-state index in [0.717, 1.165) is 0 Å². The summed E-state index contributed by atoms with van der Waals surface area (Å²) in [5, 5.41) is 2.15. The largest absolute Gasteiger partial charge is 0.444 e. The van der Waals surface area contributed by atoms with Crippen LogP contribution in [0.3, 0.4) is 0 Å². The number of carbonyl (C=O) groups excluding carboxylic acids is 2. The van der Waals surface area contributed by atoms with Crippen molar-refractivity contribution in [3.63, 3.8) is 0 Å². The molecule has 0 fully saturated rings. The van der Waals surface area contributed by atoms with E-state index in [-0.39, 0.29) is 50.2 Å². The number of halogens is 5. The van der Waals surface area contributed by atoms with Crippen LogP contribution in [0.25, 0.3) is 0 Å². The number of amides is 1. The van der Waals surface area contributed by atoms with Crippen molar-refractivity contribution >= 4 is 70.1 Å². The smallest absolute Gasteiger partial charge is 0.407 e. The number of esters is 1. The second-order valence-corrected chi connectivity index (χ2v) is 8.54. The molecule has 0 heterocycles. The lowest BCUT2D eigenvalue weighted by Gasteiger charge is -2.21. The number of carbonyl (C=O) groups is 2. The lowest BCUT2D eigenvalue weighted by Crippen LogP contribution is -2.37. The van der Waals surface area contributed by atoms with Crippen molar-refractivity contribution in [3.8, 4) is 5.75 Å². The summed E-state index contributed by atoms with van der Waals surface area (Å²) in [5.74, 6) is -0.814. The molecule has 0 saturated heterocycles. The molecule has 0 saturated carbocycles. The summed E-state index contributed by atoms with van der Waals surface area (Å²) in [6.45, 7) is 5.41. The third kappa shape index (κ3) is 7.65. The first kappa shape index (κ1) is 25.4. The van der Waals surface area contributed by atoms with Crippen LogP contribution in [0, 0.1) is 0 Å². The van der Waals surface area contributed by atoms with Gasteiger partial charge in [-0.25, -0.2) is 4.79 Å². The first-order valence-electron chi connectivity index (χ1n) is 8.09. The molecular formula is C17H20Cl5NO5. The SMILES string of the molecule is CO[C@@H](CCC(=O)Oc1c(Cl)c(Cl)c(Cl)c(Cl)c1Cl)CNC(=O)OC(C)(C)C. The summed E-state index contributed by atoms with van der Waals surface area (Å²) < 4.78 is 15.6. The van der Waals surface area contributed by atoms with E-state index in [4.69, 9.17) is 72.2 Å². The zero-order valence-corrected chi connectivity index (χ0v) is 19.4. The van der Waals surface area contributed by atoms with Crippen LogP contribution < -0.4 is 10.1 Å². The summed E-state index contributed by atoms with van der Waals surface area (Å²) in [6, 6.07) is 0. The molecule has 1 rings (SSSR count). The van der Waals surface area contributed by atoms with E-state index >= 15 is 0 Å². The predicted octanol–water partition coefficient (Wildman–Crippen LogP) is 6.18. The van der Waals surface area contributed by atoms with Crippen LogP contribution in [0.15, 0.2) is 0 Å². The zero-order valence-electron chi connectivity index (χ0n) is 15.6. The van der Waals surface area contributed by atoms with Gasteiger partial charge in [-0.2, -0.15) is 0 Å². The molecule has 0 bridgehead atoms. The number of benzene rings is 1. The van der Waals surface area contributed by atoms with Gasteiger partial charge in [0.25, 0.3) is 0 Å². The molecule has 1 amide bonds. The van der Waals surface area contributed by atoms with Crippen LogP contribution in [0.4, 0.5) is 4.79 Å². The fourth-order valence-electron chi connectivity index (χ4n) is 1.93. The quantitative estimate of drug-likeness (QED) is 0.212. The average Bonchev–Trinajstić information content (AvgIpc) is 2.60. The van der Waals surface area contributed by atoms with Gasteiger partial charge in [-0.05, 0) is 27.2 Å². The van der Waals surface area contributed by atoms with E-state index in [1.165, 1.54) is 7.11 Å². The fraction of sp³-hybridized carbons (Fsp3) is 0.529. The third-order valence-corrected chi connectivity index (χ3v) is 5.50. The number of alkyl carbamates (subject to hydrolysis) is 1. The van der Waals surface area contributed by atoms with Gasteiger partial charge in [-0.1, -0.05) is 58.0 Å². The highest BCUT2D eigenvalue weighted by Gasteiger charge is 2.23. The van der Waals surface area contributed by atoms with Crippen molar-refractivity contribution in [2.24, 2.45) is 0 Å². The van der Waals surface area contributed by atoms with E-state index in [0.29, 0.717) is 0 Å². The average molecular weight is 496 g/mol. The first-order valence-corrected chi connectivity index (χ1v) is 9.98. The Morgan fingerprint density at radius 3 is 1.93 bits per heavy atom. The molecule has 158 valence electrons. The Hall–Kier alpha value is -0.630. The normalized spacial score (nSPS) is 12.5. The second-order valence-electron chi connectivity index (χ2n) is 6.65. The number of methoxy groups -OCH3 is 1. The predicted molar refractivity (Wildman–Crippen MR) is 111 cm³/mol. The van der Waals surface area contributed by atoms with E-state index < -0.39 is 23.8 Å². The van der Waals surface area contributed by atoms with Crippen LogP contribution in [0.1, 0.15) is 33.6 Å². The third-order valence-electron chi connectivity index (χ3n) is 3.26. The summed E-state index contributed by atoms with van der Waals surface area (Å²) in [6.07, 6.45) is -0.807. The van der Waals surface area contributed by atoms with E-state index in [1.807, 2.05) is 0 Å². The van der Waals surface area contributed by atoms with E-state index in [1.54, 1.807) is 20.8 Å². The second kappa shape index (κ2) is 11.0. The lowest BCUT2D eigenvalue weighted by atomic mass is 10.2. The molecule has 0 aromatic heterocycles. The monoisotopic (exact) mass is 493 g/mol. The van der Waals surface area contributed by atoms with Crippen molar-refractivity contribution < 1.29 is 23.8 Å². The maximum absolute atomic E-state index is 12.1. The zero-order chi connectivity index (χ0) is 21.6. The molecular weight excluding hydrogens is 475 g/mol. The lowest BCUT2D eigenvalue weighted by molar-refractivity contribution is -0.135. The molecule has 0 radical (unpaired) electrons. The number of hydrogen-bond acceptors (Lipinski definition) is 5. The molecule has 1 aromatic carbocycles. The van der Waals surface area contributed by atoms with Gasteiger partial charge >= 0.3 is 12.1 Å². The Labute approximate surface area is 188 Å². The van der Waals surface area contributed by atoms with Gasteiger partial charge < -0.3 is 19.5 Å². The minimum atomic E-state index is -0.641. The van der Waals surface area contributed by atoms with Gasteiger partial charge in [0.05, 0.1) is 21.2 Å². The van der Waals surface area contributed by atoms with Crippen molar-refractivity contribution in [2.75, 3.05) is 13.7 Å². The molecule has 6 nitrogen and oxygen atoms in total. The highest BCUT2D eigenvalue weighted by molar-refractivity contribution is 6.55. The molecule has 1 N–H and O–H groups in total. The summed E-state index contributed by atoms with van der Waals surface area (Å²) >= 11 is 29.8. The topological polar surface area (TPSA) is 73.9 Å². The number of rotatable bonds is 7. The summed E-state index contributed by atoms with van der Waals surface area (Å²) in [7, 11) is 1.46. The standard InChI is InChI=1S/C17H20Cl5NO5/c1-17(2,3)28-16(25)23-7-8(26-4)5-6-9(24)27-15-13(21)11(19)10(18)12(20)14(15)22/h8H,5-7H2,1-4H3,(H,23,25)/t8-/m0/s1. The first-order chi connectivity index (χ1) is 12.9. The number of hydrogen-bond donors (Lipinski definition) is 1. The summed E-state index contributed by atoms with van der Waals surface area (Å²) in [4.78, 5) is 23.8. The van der Waals surface area contributed by atoms with Gasteiger partial charge in [-0.3, -0.25) is 4.79 Å². The van der Waals surface area contributed by atoms with Crippen molar-refractivity contribution in [1.82, 2.24) is 5.32 Å². The van der Waals surface area contributed by atoms with Crippen molar-refractivity contribution in [1.29, 1.82) is 0 Å². The van der Waals surface area contributed by atoms with E-state index in [9.17, 15) is 9.59 Å². The van der Waals surface area contributed by atoms with Crippen LogP contribution >= 0.6 is 58.0 Å². The Kier molecular flexibility index (Phi) is 9.94. The molecule has 28 heavy (non-hydrogen) atoms. The summed E-state index contributed by atoms with van der Waals surface area (Å²) in [5.41, 5.74) is -0.615. The van der Waals surface area contributed by atoms with Crippen LogP contribution in [-0.4, -0.2) is 37.4 Å². The Bertz CT molecular complexity index is 707. The maximum atomic E-state index is 12.1. The maximum Gasteiger partial charge on any atom is 0.407 e. The molecule has 0 aliphatic rings. The molecule has 0 spiro atoms. The van der Waals surface area contributed by atoms with Gasteiger partial charge in [0, 0.05) is 20.1 Å².